The summed E-state index contributed by atoms with van der Waals surface area (Å²) in [4.78, 5) is 15.9. The lowest BCUT2D eigenvalue weighted by Gasteiger charge is -2.29. The quantitative estimate of drug-likeness (QED) is 0.737. The van der Waals surface area contributed by atoms with Gasteiger partial charge in [-0.3, -0.25) is 9.69 Å². The minimum Gasteiger partial charge on any atom is -0.440 e. The number of nitrogens with two attached hydrogens (primary N) is 1. The molecule has 2 aliphatic heterocycles. The van der Waals surface area contributed by atoms with Crippen LogP contribution in [-0.4, -0.2) is 42.3 Å². The van der Waals surface area contributed by atoms with E-state index in [0.29, 0.717) is 31.1 Å². The van der Waals surface area contributed by atoms with E-state index in [1.54, 1.807) is 4.57 Å². The topological polar surface area (TPSA) is 93.5 Å². The number of aromatic nitrogens is 1. The lowest BCUT2D eigenvalue weighted by molar-refractivity contribution is 0.0362. The number of allylic oxidation sites excluding steroid dienone is 1. The van der Waals surface area contributed by atoms with Gasteiger partial charge in [0.05, 0.1) is 24.7 Å². The molecule has 0 saturated carbocycles. The molecule has 1 saturated heterocycles. The van der Waals surface area contributed by atoms with Crippen LogP contribution in [0.4, 0.5) is 0 Å². The van der Waals surface area contributed by atoms with E-state index >= 15 is 0 Å². The van der Waals surface area contributed by atoms with Crippen LogP contribution in [0.5, 0.6) is 5.75 Å². The first kappa shape index (κ1) is 20.7. The van der Waals surface area contributed by atoms with Crippen molar-refractivity contribution in [1.29, 1.82) is 5.26 Å². The Bertz CT molecular complexity index is 1080. The Labute approximate surface area is 183 Å². The van der Waals surface area contributed by atoms with Gasteiger partial charge in [-0.25, -0.2) is 0 Å². The van der Waals surface area contributed by atoms with Crippen molar-refractivity contribution in [2.24, 2.45) is 5.73 Å². The third kappa shape index (κ3) is 3.88. The monoisotopic (exact) mass is 470 g/mol. The molecule has 1 aromatic heterocycles. The molecule has 3 heterocycles. The number of fused-ring (bicyclic) bond motifs is 1. The van der Waals surface area contributed by atoms with Gasteiger partial charge < -0.3 is 19.8 Å². The van der Waals surface area contributed by atoms with Gasteiger partial charge in [0.25, 0.3) is 5.56 Å². The molecule has 0 spiro atoms. The highest BCUT2D eigenvalue weighted by Gasteiger charge is 2.34. The Morgan fingerprint density at radius 2 is 1.93 bits per heavy atom. The van der Waals surface area contributed by atoms with Crippen molar-refractivity contribution >= 4 is 15.9 Å². The molecule has 1 aromatic carbocycles. The number of ether oxygens (including phenoxy) is 2. The molecule has 0 aliphatic carbocycles. The number of rotatable bonds is 4. The van der Waals surface area contributed by atoms with Gasteiger partial charge in [-0.2, -0.15) is 5.26 Å². The van der Waals surface area contributed by atoms with E-state index in [9.17, 15) is 10.1 Å². The molecular formula is C22H23BrN4O3. The molecule has 1 atom stereocenters. The smallest absolute Gasteiger partial charge is 0.258 e. The van der Waals surface area contributed by atoms with Crippen LogP contribution >= 0.6 is 15.9 Å². The van der Waals surface area contributed by atoms with Gasteiger partial charge in [0, 0.05) is 42.4 Å². The molecule has 2 N–H and O–H groups in total. The van der Waals surface area contributed by atoms with Gasteiger partial charge in [-0.1, -0.05) is 28.1 Å². The van der Waals surface area contributed by atoms with Crippen LogP contribution < -0.4 is 16.0 Å². The van der Waals surface area contributed by atoms with Crippen molar-refractivity contribution < 1.29 is 9.47 Å². The first-order valence-corrected chi connectivity index (χ1v) is 10.7. The molecule has 0 amide bonds. The predicted molar refractivity (Wildman–Crippen MR) is 116 cm³/mol. The molecular weight excluding hydrogens is 448 g/mol. The zero-order valence-corrected chi connectivity index (χ0v) is 18.3. The maximum absolute atomic E-state index is 13.6. The number of hydrogen-bond acceptors (Lipinski definition) is 6. The molecule has 1 fully saturated rings. The van der Waals surface area contributed by atoms with E-state index < -0.39 is 5.92 Å². The number of benzene rings is 1. The second-order valence-electron chi connectivity index (χ2n) is 7.45. The predicted octanol–water partition coefficient (Wildman–Crippen LogP) is 2.47. The highest BCUT2D eigenvalue weighted by Crippen LogP contribution is 2.40. The van der Waals surface area contributed by atoms with Crippen molar-refractivity contribution in [2.45, 2.75) is 19.4 Å². The molecule has 7 nitrogen and oxygen atoms in total. The Morgan fingerprint density at radius 3 is 2.60 bits per heavy atom. The van der Waals surface area contributed by atoms with Crippen LogP contribution in [-0.2, 0) is 11.3 Å². The standard InChI is InChI=1S/C22H23BrN4O3/c1-14-12-18-20(22(28)27(14)7-6-26-8-10-29-11-9-26)19(17(13-24)21(25)30-18)15-2-4-16(23)5-3-15/h2-5,12,19H,6-11,25H2,1H3/t19-/m1/s1. The van der Waals surface area contributed by atoms with Gasteiger partial charge >= 0.3 is 0 Å². The van der Waals surface area contributed by atoms with Gasteiger partial charge in [0.15, 0.2) is 0 Å². The fourth-order valence-corrected chi connectivity index (χ4v) is 4.28. The lowest BCUT2D eigenvalue weighted by Crippen LogP contribution is -2.40. The third-order valence-corrected chi connectivity index (χ3v) is 6.17. The van der Waals surface area contributed by atoms with Gasteiger partial charge in [-0.05, 0) is 24.6 Å². The SMILES string of the molecule is Cc1cc2c(c(=O)n1CCN1CCOCC1)[C@H](c1ccc(Br)cc1)C(C#N)=C(N)O2. The largest absolute Gasteiger partial charge is 0.440 e. The summed E-state index contributed by atoms with van der Waals surface area (Å²) < 4.78 is 13.8. The fourth-order valence-electron chi connectivity index (χ4n) is 4.02. The normalized spacial score (nSPS) is 19.2. The van der Waals surface area contributed by atoms with E-state index in [1.165, 1.54) is 0 Å². The zero-order chi connectivity index (χ0) is 21.3. The first-order valence-electron chi connectivity index (χ1n) is 9.87. The molecule has 0 bridgehead atoms. The van der Waals surface area contributed by atoms with E-state index in [4.69, 9.17) is 15.2 Å². The summed E-state index contributed by atoms with van der Waals surface area (Å²) in [5.74, 6) is -0.0955. The van der Waals surface area contributed by atoms with Crippen LogP contribution in [0.25, 0.3) is 0 Å². The Kier molecular flexibility index (Phi) is 5.95. The van der Waals surface area contributed by atoms with E-state index in [-0.39, 0.29) is 17.0 Å². The Morgan fingerprint density at radius 1 is 1.23 bits per heavy atom. The van der Waals surface area contributed by atoms with Crippen molar-refractivity contribution in [3.8, 4) is 11.8 Å². The summed E-state index contributed by atoms with van der Waals surface area (Å²) in [7, 11) is 0. The van der Waals surface area contributed by atoms with Crippen LogP contribution in [0.3, 0.4) is 0 Å². The lowest BCUT2D eigenvalue weighted by atomic mass is 9.84. The first-order chi connectivity index (χ1) is 14.5. The summed E-state index contributed by atoms with van der Waals surface area (Å²) >= 11 is 3.43. The third-order valence-electron chi connectivity index (χ3n) is 5.64. The van der Waals surface area contributed by atoms with Gasteiger partial charge in [-0.15, -0.1) is 0 Å². The minimum atomic E-state index is -0.561. The van der Waals surface area contributed by atoms with Crippen LogP contribution in [0, 0.1) is 18.3 Å². The molecule has 4 rings (SSSR count). The number of morpholine rings is 1. The highest BCUT2D eigenvalue weighted by atomic mass is 79.9. The summed E-state index contributed by atoms with van der Waals surface area (Å²) in [5.41, 5.74) is 8.24. The average molecular weight is 471 g/mol. The summed E-state index contributed by atoms with van der Waals surface area (Å²) in [6.07, 6.45) is 0. The minimum absolute atomic E-state index is 0.0442. The van der Waals surface area contributed by atoms with Crippen LogP contribution in [0.15, 0.2) is 51.1 Å². The number of hydrogen-bond donors (Lipinski definition) is 1. The number of aryl methyl sites for hydroxylation is 1. The van der Waals surface area contributed by atoms with E-state index in [1.807, 2.05) is 37.3 Å². The average Bonchev–Trinajstić information content (AvgIpc) is 2.74. The summed E-state index contributed by atoms with van der Waals surface area (Å²) in [5, 5.41) is 9.76. The summed E-state index contributed by atoms with van der Waals surface area (Å²) in [6, 6.07) is 11.6. The maximum Gasteiger partial charge on any atom is 0.258 e. The Balaban J connectivity index is 1.77. The van der Waals surface area contributed by atoms with Crippen molar-refractivity contribution in [3.05, 3.63) is 73.4 Å². The van der Waals surface area contributed by atoms with Crippen molar-refractivity contribution in [2.75, 3.05) is 32.8 Å². The van der Waals surface area contributed by atoms with Crippen LogP contribution in [0.2, 0.25) is 0 Å². The molecule has 0 radical (unpaired) electrons. The molecule has 30 heavy (non-hydrogen) atoms. The van der Waals surface area contributed by atoms with E-state index in [0.717, 1.165) is 35.4 Å². The number of pyridine rings is 1. The second-order valence-corrected chi connectivity index (χ2v) is 8.37. The van der Waals surface area contributed by atoms with Crippen LogP contribution in [0.1, 0.15) is 22.7 Å². The number of halogens is 1. The molecule has 0 unspecified atom stereocenters. The Hall–Kier alpha value is -2.60. The highest BCUT2D eigenvalue weighted by molar-refractivity contribution is 9.10. The molecule has 2 aliphatic rings. The fraction of sp³-hybridized carbons (Fsp3) is 0.364. The molecule has 2 aromatic rings. The van der Waals surface area contributed by atoms with Gasteiger partial charge in [0.2, 0.25) is 5.88 Å². The number of nitriles is 1. The second kappa shape index (κ2) is 8.64. The van der Waals surface area contributed by atoms with Crippen molar-refractivity contribution in [1.82, 2.24) is 9.47 Å². The summed E-state index contributed by atoms with van der Waals surface area (Å²) in [6.45, 7) is 6.36. The zero-order valence-electron chi connectivity index (χ0n) is 16.7. The number of nitrogens with zero attached hydrogens (tertiary/aromatic N) is 3. The maximum atomic E-state index is 13.6. The molecule has 156 valence electrons. The molecule has 8 heteroatoms. The van der Waals surface area contributed by atoms with Gasteiger partial charge in [0.1, 0.15) is 17.4 Å². The van der Waals surface area contributed by atoms with E-state index in [2.05, 4.69) is 26.9 Å². The van der Waals surface area contributed by atoms with Crippen molar-refractivity contribution in [3.63, 3.8) is 0 Å².